The first-order chi connectivity index (χ1) is 7.08. The Bertz CT molecular complexity index is 485. The molecule has 0 aliphatic rings. The van der Waals surface area contributed by atoms with Gasteiger partial charge in [-0.15, -0.1) is 10.2 Å². The molecule has 0 saturated heterocycles. The fraction of sp³-hybridized carbons (Fsp3) is 0.111. The summed E-state index contributed by atoms with van der Waals surface area (Å²) in [5, 5.41) is 7.61. The highest BCUT2D eigenvalue weighted by atomic mass is 79.9. The smallest absolute Gasteiger partial charge is 0.241 e. The van der Waals surface area contributed by atoms with Crippen LogP contribution in [0.2, 0.25) is 0 Å². The molecule has 0 unspecified atom stereocenters. The molecule has 0 amide bonds. The fourth-order valence-electron chi connectivity index (χ4n) is 1.37. The quantitative estimate of drug-likeness (QED) is 0.764. The molecule has 1 heterocycles. The second-order valence-electron chi connectivity index (χ2n) is 3.27. The number of nitrogens with two attached hydrogens (primary N) is 2. The molecule has 0 radical (unpaired) electrons. The second-order valence-corrected chi connectivity index (χ2v) is 4.18. The third-order valence-electron chi connectivity index (χ3n) is 2.02. The van der Waals surface area contributed by atoms with E-state index in [-0.39, 0.29) is 5.95 Å². The monoisotopic (exact) mass is 267 g/mol. The minimum absolute atomic E-state index is 0.197. The predicted octanol–water partition coefficient (Wildman–Crippen LogP) is 1.31. The Kier molecular flexibility index (Phi) is 2.36. The molecule has 0 spiro atoms. The van der Waals surface area contributed by atoms with Gasteiger partial charge in [0.2, 0.25) is 5.95 Å². The Morgan fingerprint density at radius 3 is 2.53 bits per heavy atom. The van der Waals surface area contributed by atoms with E-state index < -0.39 is 0 Å². The zero-order chi connectivity index (χ0) is 11.0. The first-order valence-electron chi connectivity index (χ1n) is 4.31. The van der Waals surface area contributed by atoms with Crippen LogP contribution in [-0.2, 0) is 0 Å². The molecule has 15 heavy (non-hydrogen) atoms. The zero-order valence-corrected chi connectivity index (χ0v) is 9.69. The van der Waals surface area contributed by atoms with Crippen molar-refractivity contribution < 1.29 is 0 Å². The standard InChI is InChI=1S/C9H10BrN5/c1-5-2-6(4-7(10)3-5)8-13-14-9(11)15(8)12/h2-4H,12H2,1H3,(H2,11,14). The van der Waals surface area contributed by atoms with Crippen LogP contribution in [0.1, 0.15) is 5.56 Å². The van der Waals surface area contributed by atoms with E-state index in [0.717, 1.165) is 15.6 Å². The van der Waals surface area contributed by atoms with Gasteiger partial charge < -0.3 is 11.6 Å². The summed E-state index contributed by atoms with van der Waals surface area (Å²) in [6.45, 7) is 1.99. The number of rotatable bonds is 1. The molecule has 0 aliphatic heterocycles. The van der Waals surface area contributed by atoms with E-state index in [9.17, 15) is 0 Å². The van der Waals surface area contributed by atoms with Gasteiger partial charge in [0, 0.05) is 10.0 Å². The number of nitrogen functional groups attached to an aromatic ring is 2. The minimum Gasteiger partial charge on any atom is -0.366 e. The van der Waals surface area contributed by atoms with Gasteiger partial charge in [0.05, 0.1) is 0 Å². The number of halogens is 1. The highest BCUT2D eigenvalue weighted by Crippen LogP contribution is 2.23. The van der Waals surface area contributed by atoms with E-state index in [2.05, 4.69) is 26.1 Å². The number of anilines is 1. The van der Waals surface area contributed by atoms with E-state index in [4.69, 9.17) is 11.6 Å². The molecule has 0 fully saturated rings. The third kappa shape index (κ3) is 1.80. The summed E-state index contributed by atoms with van der Waals surface area (Å²) in [6, 6.07) is 5.89. The largest absolute Gasteiger partial charge is 0.366 e. The number of benzene rings is 1. The van der Waals surface area contributed by atoms with Gasteiger partial charge in [-0.3, -0.25) is 0 Å². The molecule has 2 rings (SSSR count). The van der Waals surface area contributed by atoms with Crippen molar-refractivity contribution in [2.75, 3.05) is 11.6 Å². The van der Waals surface area contributed by atoms with Crippen molar-refractivity contribution in [2.24, 2.45) is 0 Å². The first-order valence-corrected chi connectivity index (χ1v) is 5.11. The van der Waals surface area contributed by atoms with Gasteiger partial charge in [0.15, 0.2) is 5.82 Å². The highest BCUT2D eigenvalue weighted by molar-refractivity contribution is 9.10. The summed E-state index contributed by atoms with van der Waals surface area (Å²) in [6.07, 6.45) is 0. The summed E-state index contributed by atoms with van der Waals surface area (Å²) >= 11 is 3.41. The number of nitrogens with zero attached hydrogens (tertiary/aromatic N) is 3. The van der Waals surface area contributed by atoms with Crippen LogP contribution in [0.3, 0.4) is 0 Å². The molecule has 0 atom stereocenters. The van der Waals surface area contributed by atoms with Crippen LogP contribution in [0, 0.1) is 6.92 Å². The zero-order valence-electron chi connectivity index (χ0n) is 8.11. The van der Waals surface area contributed by atoms with Crippen LogP contribution in [-0.4, -0.2) is 14.9 Å². The average Bonchev–Trinajstić information content (AvgIpc) is 2.46. The van der Waals surface area contributed by atoms with Crippen LogP contribution >= 0.6 is 15.9 Å². The Balaban J connectivity index is 2.58. The molecule has 0 bridgehead atoms. The SMILES string of the molecule is Cc1cc(Br)cc(-c2nnc(N)n2N)c1. The lowest BCUT2D eigenvalue weighted by molar-refractivity contribution is 1.02. The Labute approximate surface area is 95.2 Å². The lowest BCUT2D eigenvalue weighted by Crippen LogP contribution is -2.13. The van der Waals surface area contributed by atoms with Gasteiger partial charge in [0.25, 0.3) is 0 Å². The maximum atomic E-state index is 5.69. The van der Waals surface area contributed by atoms with Crippen LogP contribution in [0.25, 0.3) is 11.4 Å². The molecule has 78 valence electrons. The van der Waals surface area contributed by atoms with Gasteiger partial charge in [0.1, 0.15) is 0 Å². The van der Waals surface area contributed by atoms with Crippen molar-refractivity contribution >= 4 is 21.9 Å². The summed E-state index contributed by atoms with van der Waals surface area (Å²) in [7, 11) is 0. The molecule has 6 heteroatoms. The molecule has 5 nitrogen and oxygen atoms in total. The average molecular weight is 268 g/mol. The number of aryl methyl sites for hydroxylation is 1. The van der Waals surface area contributed by atoms with E-state index >= 15 is 0 Å². The summed E-state index contributed by atoms with van der Waals surface area (Å²) < 4.78 is 2.24. The third-order valence-corrected chi connectivity index (χ3v) is 2.48. The molecule has 0 saturated carbocycles. The number of hydrogen-bond acceptors (Lipinski definition) is 4. The topological polar surface area (TPSA) is 82.8 Å². The first kappa shape index (κ1) is 9.97. The number of hydrogen-bond donors (Lipinski definition) is 2. The minimum atomic E-state index is 0.197. The Hall–Kier alpha value is -1.56. The van der Waals surface area contributed by atoms with Gasteiger partial charge in [-0.25, -0.2) is 4.68 Å². The summed E-state index contributed by atoms with van der Waals surface area (Å²) in [5.41, 5.74) is 7.50. The van der Waals surface area contributed by atoms with Crippen LogP contribution in [0.15, 0.2) is 22.7 Å². The maximum absolute atomic E-state index is 5.69. The van der Waals surface area contributed by atoms with Gasteiger partial charge in [-0.1, -0.05) is 15.9 Å². The van der Waals surface area contributed by atoms with Crippen LogP contribution in [0.4, 0.5) is 5.95 Å². The lowest BCUT2D eigenvalue weighted by Gasteiger charge is -2.03. The highest BCUT2D eigenvalue weighted by Gasteiger charge is 2.09. The summed E-state index contributed by atoms with van der Waals surface area (Å²) in [5.74, 6) is 6.44. The molecule has 0 aliphatic carbocycles. The van der Waals surface area contributed by atoms with E-state index in [1.165, 1.54) is 4.68 Å². The van der Waals surface area contributed by atoms with E-state index in [0.29, 0.717) is 5.82 Å². The van der Waals surface area contributed by atoms with Crippen molar-refractivity contribution in [1.29, 1.82) is 0 Å². The normalized spacial score (nSPS) is 10.5. The van der Waals surface area contributed by atoms with E-state index in [1.54, 1.807) is 0 Å². The Morgan fingerprint density at radius 1 is 1.27 bits per heavy atom. The van der Waals surface area contributed by atoms with Crippen LogP contribution < -0.4 is 11.6 Å². The predicted molar refractivity (Wildman–Crippen MR) is 62.5 cm³/mol. The van der Waals surface area contributed by atoms with Crippen molar-refractivity contribution in [2.45, 2.75) is 6.92 Å². The lowest BCUT2D eigenvalue weighted by atomic mass is 10.1. The van der Waals surface area contributed by atoms with Gasteiger partial charge in [-0.2, -0.15) is 0 Å². The van der Waals surface area contributed by atoms with Crippen molar-refractivity contribution in [3.05, 3.63) is 28.2 Å². The molecule has 1 aromatic carbocycles. The van der Waals surface area contributed by atoms with Crippen molar-refractivity contribution in [3.8, 4) is 11.4 Å². The molecule has 4 N–H and O–H groups in total. The molecule has 2 aromatic rings. The van der Waals surface area contributed by atoms with Gasteiger partial charge >= 0.3 is 0 Å². The summed E-state index contributed by atoms with van der Waals surface area (Å²) in [4.78, 5) is 0. The van der Waals surface area contributed by atoms with Gasteiger partial charge in [-0.05, 0) is 30.7 Å². The molecular weight excluding hydrogens is 258 g/mol. The van der Waals surface area contributed by atoms with E-state index in [1.807, 2.05) is 25.1 Å². The molecular formula is C9H10BrN5. The Morgan fingerprint density at radius 2 is 2.00 bits per heavy atom. The van der Waals surface area contributed by atoms with Crippen molar-refractivity contribution in [3.63, 3.8) is 0 Å². The number of aromatic nitrogens is 3. The molecule has 1 aromatic heterocycles. The fourth-order valence-corrected chi connectivity index (χ4v) is 1.97. The van der Waals surface area contributed by atoms with Crippen molar-refractivity contribution in [1.82, 2.24) is 14.9 Å². The maximum Gasteiger partial charge on any atom is 0.241 e. The second kappa shape index (κ2) is 3.54. The van der Waals surface area contributed by atoms with Crippen LogP contribution in [0.5, 0.6) is 0 Å².